The molecule has 2 aromatic carbocycles. The highest BCUT2D eigenvalue weighted by Crippen LogP contribution is 2.32. The first-order valence-electron chi connectivity index (χ1n) is 9.44. The van der Waals surface area contributed by atoms with Crippen molar-refractivity contribution in [3.63, 3.8) is 0 Å². The van der Waals surface area contributed by atoms with E-state index < -0.39 is 6.10 Å². The first kappa shape index (κ1) is 23.6. The van der Waals surface area contributed by atoms with E-state index in [9.17, 15) is 5.11 Å². The number of para-hydroxylation sites is 1. The summed E-state index contributed by atoms with van der Waals surface area (Å²) < 4.78 is 16.4. The van der Waals surface area contributed by atoms with Crippen LogP contribution in [0.2, 0.25) is 0 Å². The van der Waals surface area contributed by atoms with Crippen molar-refractivity contribution in [3.05, 3.63) is 54.1 Å². The molecule has 29 heavy (non-hydrogen) atoms. The number of nitrogens with zero attached hydrogens (tertiary/aromatic N) is 2. The lowest BCUT2D eigenvalue weighted by Crippen LogP contribution is -3.00. The molecule has 1 atom stereocenters. The number of hydrogen-bond acceptors (Lipinski definition) is 6. The molecule has 1 fully saturated rings. The molecule has 0 saturated carbocycles. The molecule has 8 heteroatoms. The van der Waals surface area contributed by atoms with Gasteiger partial charge in [-0.15, -0.1) is 0 Å². The Morgan fingerprint density at radius 2 is 1.66 bits per heavy atom. The van der Waals surface area contributed by atoms with Crippen LogP contribution in [0, 0.1) is 0 Å². The quantitative estimate of drug-likeness (QED) is 0.475. The smallest absolute Gasteiger partial charge is 0.231 e. The molecular formula is C21H26Cl2N2O4-2. The van der Waals surface area contributed by atoms with Gasteiger partial charge in [0, 0.05) is 38.4 Å². The number of hydrogen-bond donors (Lipinski definition) is 1. The number of benzene rings is 2. The van der Waals surface area contributed by atoms with Crippen molar-refractivity contribution in [3.8, 4) is 11.5 Å². The minimum atomic E-state index is -0.484. The van der Waals surface area contributed by atoms with Gasteiger partial charge >= 0.3 is 0 Å². The summed E-state index contributed by atoms with van der Waals surface area (Å²) in [5.74, 6) is 1.53. The van der Waals surface area contributed by atoms with Crippen molar-refractivity contribution in [1.82, 2.24) is 4.90 Å². The van der Waals surface area contributed by atoms with Crippen molar-refractivity contribution in [2.24, 2.45) is 0 Å². The van der Waals surface area contributed by atoms with Crippen LogP contribution in [0.15, 0.2) is 48.5 Å². The van der Waals surface area contributed by atoms with E-state index >= 15 is 0 Å². The van der Waals surface area contributed by atoms with Crippen LogP contribution >= 0.6 is 0 Å². The molecule has 4 rings (SSSR count). The number of β-amino-alcohol motifs (C(OH)–C–C–N with tert-alkyl or cyclic N) is 1. The van der Waals surface area contributed by atoms with Gasteiger partial charge in [0.1, 0.15) is 0 Å². The van der Waals surface area contributed by atoms with E-state index in [0.29, 0.717) is 19.8 Å². The van der Waals surface area contributed by atoms with Gasteiger partial charge in [-0.25, -0.2) is 0 Å². The standard InChI is InChI=1S/C21H26N2O4.2ClH/c24-19(15-25-14-17-6-7-20-21(12-17)27-16-26-20)13-22-8-10-23(11-9-22)18-4-2-1-3-5-18;;/h1-7,12,19,24H,8-11,13-16H2;2*1H/p-2. The maximum absolute atomic E-state index is 10.3. The van der Waals surface area contributed by atoms with E-state index in [4.69, 9.17) is 14.2 Å². The first-order valence-corrected chi connectivity index (χ1v) is 9.44. The molecule has 1 unspecified atom stereocenters. The molecule has 0 aliphatic carbocycles. The lowest BCUT2D eigenvalue weighted by Gasteiger charge is -2.36. The predicted molar refractivity (Wildman–Crippen MR) is 103 cm³/mol. The summed E-state index contributed by atoms with van der Waals surface area (Å²) in [6.07, 6.45) is -0.484. The fourth-order valence-corrected chi connectivity index (χ4v) is 3.52. The van der Waals surface area contributed by atoms with E-state index in [1.807, 2.05) is 24.3 Å². The molecule has 0 spiro atoms. The SMILES string of the molecule is OC(COCc1ccc2c(c1)OCO2)CN1CCN(c2ccccc2)CC1.[Cl-].[Cl-]. The fourth-order valence-electron chi connectivity index (χ4n) is 3.52. The minimum absolute atomic E-state index is 0. The zero-order chi connectivity index (χ0) is 18.5. The number of fused-ring (bicyclic) bond motifs is 1. The summed E-state index contributed by atoms with van der Waals surface area (Å²) in [6, 6.07) is 16.3. The highest BCUT2D eigenvalue weighted by atomic mass is 35.5. The van der Waals surface area contributed by atoms with Gasteiger partial charge in [0.2, 0.25) is 6.79 Å². The molecule has 0 radical (unpaired) electrons. The molecule has 1 N–H and O–H groups in total. The summed E-state index contributed by atoms with van der Waals surface area (Å²) in [5.41, 5.74) is 2.28. The molecule has 0 aromatic heterocycles. The van der Waals surface area contributed by atoms with Crippen LogP contribution in [0.5, 0.6) is 11.5 Å². The fraction of sp³-hybridized carbons (Fsp3) is 0.429. The van der Waals surface area contributed by atoms with Crippen molar-refractivity contribution >= 4 is 5.69 Å². The van der Waals surface area contributed by atoms with E-state index in [1.165, 1.54) is 5.69 Å². The van der Waals surface area contributed by atoms with Crippen LogP contribution in [-0.2, 0) is 11.3 Å². The maximum atomic E-state index is 10.3. The second-order valence-electron chi connectivity index (χ2n) is 6.98. The summed E-state index contributed by atoms with van der Waals surface area (Å²) in [4.78, 5) is 4.69. The normalized spacial score (nSPS) is 16.7. The average Bonchev–Trinajstić information content (AvgIpc) is 3.17. The van der Waals surface area contributed by atoms with E-state index in [2.05, 4.69) is 34.1 Å². The monoisotopic (exact) mass is 440 g/mol. The highest BCUT2D eigenvalue weighted by molar-refractivity contribution is 5.46. The van der Waals surface area contributed by atoms with E-state index in [0.717, 1.165) is 43.2 Å². The molecule has 0 bridgehead atoms. The Balaban J connectivity index is 0.00000150. The van der Waals surface area contributed by atoms with Crippen LogP contribution in [0.4, 0.5) is 5.69 Å². The highest BCUT2D eigenvalue weighted by Gasteiger charge is 2.19. The Bertz CT molecular complexity index is 743. The lowest BCUT2D eigenvalue weighted by molar-refractivity contribution is -0.00100. The number of piperazine rings is 1. The first-order chi connectivity index (χ1) is 13.3. The number of aliphatic hydroxyl groups excluding tert-OH is 1. The van der Waals surface area contributed by atoms with Crippen LogP contribution in [0.25, 0.3) is 0 Å². The Labute approximate surface area is 184 Å². The van der Waals surface area contributed by atoms with E-state index in [-0.39, 0.29) is 31.6 Å². The predicted octanol–water partition coefficient (Wildman–Crippen LogP) is -3.88. The molecule has 6 nitrogen and oxygen atoms in total. The second-order valence-corrected chi connectivity index (χ2v) is 6.98. The van der Waals surface area contributed by atoms with Crippen molar-refractivity contribution in [1.29, 1.82) is 0 Å². The molecule has 1 saturated heterocycles. The van der Waals surface area contributed by atoms with Gasteiger partial charge in [-0.05, 0) is 29.8 Å². The Kier molecular flexibility index (Phi) is 9.33. The van der Waals surface area contributed by atoms with Gasteiger partial charge in [0.05, 0.1) is 19.3 Å². The molecule has 0 amide bonds. The number of aliphatic hydroxyl groups is 1. The maximum Gasteiger partial charge on any atom is 0.231 e. The van der Waals surface area contributed by atoms with Gasteiger partial charge in [0.15, 0.2) is 11.5 Å². The average molecular weight is 441 g/mol. The molecule has 2 aliphatic rings. The van der Waals surface area contributed by atoms with Crippen LogP contribution in [0.3, 0.4) is 0 Å². The number of halogens is 2. The van der Waals surface area contributed by atoms with Crippen LogP contribution in [-0.4, -0.2) is 62.2 Å². The third-order valence-electron chi connectivity index (χ3n) is 4.98. The van der Waals surface area contributed by atoms with Crippen LogP contribution < -0.4 is 39.2 Å². The largest absolute Gasteiger partial charge is 1.00 e. The third kappa shape index (κ3) is 6.39. The zero-order valence-corrected chi connectivity index (χ0v) is 17.7. The number of rotatable bonds is 7. The third-order valence-corrected chi connectivity index (χ3v) is 4.98. The van der Waals surface area contributed by atoms with Crippen molar-refractivity contribution in [2.75, 3.05) is 51.0 Å². The second kappa shape index (κ2) is 11.5. The van der Waals surface area contributed by atoms with Gasteiger partial charge in [0.25, 0.3) is 0 Å². The van der Waals surface area contributed by atoms with Crippen molar-refractivity contribution in [2.45, 2.75) is 12.7 Å². The molecule has 160 valence electrons. The Morgan fingerprint density at radius 3 is 2.41 bits per heavy atom. The zero-order valence-electron chi connectivity index (χ0n) is 16.2. The molecule has 2 heterocycles. The molecular weight excluding hydrogens is 415 g/mol. The summed E-state index contributed by atoms with van der Waals surface area (Å²) in [5, 5.41) is 10.3. The van der Waals surface area contributed by atoms with E-state index in [1.54, 1.807) is 0 Å². The van der Waals surface area contributed by atoms with Gasteiger partial charge in [-0.3, -0.25) is 4.90 Å². The molecule has 2 aromatic rings. The Hall–Kier alpha value is -1.70. The summed E-state index contributed by atoms with van der Waals surface area (Å²) in [6.45, 7) is 5.56. The van der Waals surface area contributed by atoms with Crippen molar-refractivity contribution < 1.29 is 44.1 Å². The summed E-state index contributed by atoms with van der Waals surface area (Å²) in [7, 11) is 0. The summed E-state index contributed by atoms with van der Waals surface area (Å²) >= 11 is 0. The minimum Gasteiger partial charge on any atom is -1.00 e. The molecule has 2 aliphatic heterocycles. The Morgan fingerprint density at radius 1 is 0.931 bits per heavy atom. The topological polar surface area (TPSA) is 54.4 Å². The van der Waals surface area contributed by atoms with Crippen LogP contribution in [0.1, 0.15) is 5.56 Å². The van der Waals surface area contributed by atoms with Gasteiger partial charge < -0.3 is 49.0 Å². The number of ether oxygens (including phenoxy) is 3. The number of anilines is 1. The van der Waals surface area contributed by atoms with Gasteiger partial charge in [-0.2, -0.15) is 0 Å². The lowest BCUT2D eigenvalue weighted by atomic mass is 10.2. The van der Waals surface area contributed by atoms with Gasteiger partial charge in [-0.1, -0.05) is 24.3 Å².